The Hall–Kier alpha value is -1.70. The smallest absolute Gasteiger partial charge is 0.248 e. The monoisotopic (exact) mass is 286 g/mol. The molecule has 0 heterocycles. The van der Waals surface area contributed by atoms with Crippen LogP contribution < -0.4 is 4.74 Å². The minimum absolute atomic E-state index is 0.00170. The first-order valence-electron chi connectivity index (χ1n) is 6.23. The van der Waals surface area contributed by atoms with Crippen molar-refractivity contribution in [2.75, 3.05) is 7.11 Å². The van der Waals surface area contributed by atoms with E-state index in [9.17, 15) is 17.6 Å². The van der Waals surface area contributed by atoms with Crippen LogP contribution >= 0.6 is 0 Å². The largest absolute Gasteiger partial charge is 0.491 e. The third-order valence-electron chi connectivity index (χ3n) is 3.87. The van der Waals surface area contributed by atoms with E-state index in [0.29, 0.717) is 0 Å². The fourth-order valence-corrected chi connectivity index (χ4v) is 2.59. The van der Waals surface area contributed by atoms with Gasteiger partial charge < -0.3 is 4.74 Å². The van der Waals surface area contributed by atoms with E-state index in [1.165, 1.54) is 0 Å². The second-order valence-electron chi connectivity index (χ2n) is 5.06. The van der Waals surface area contributed by atoms with Gasteiger partial charge in [0.05, 0.1) is 12.5 Å². The van der Waals surface area contributed by atoms with Gasteiger partial charge in [-0.1, -0.05) is 5.92 Å². The second-order valence-corrected chi connectivity index (χ2v) is 5.06. The first-order chi connectivity index (χ1) is 9.33. The summed E-state index contributed by atoms with van der Waals surface area (Å²) in [7, 11) is 1.15. The lowest BCUT2D eigenvalue weighted by atomic mass is 9.69. The zero-order valence-corrected chi connectivity index (χ0v) is 11.0. The van der Waals surface area contributed by atoms with Crippen LogP contribution in [0.5, 0.6) is 5.75 Å². The van der Waals surface area contributed by atoms with E-state index < -0.39 is 28.7 Å². The molecule has 0 aliphatic heterocycles. The van der Waals surface area contributed by atoms with Crippen molar-refractivity contribution in [3.05, 3.63) is 29.3 Å². The number of halogens is 4. The molecule has 0 unspecified atom stereocenters. The van der Waals surface area contributed by atoms with Crippen LogP contribution in [-0.2, 0) is 5.41 Å². The van der Waals surface area contributed by atoms with Crippen molar-refractivity contribution < 1.29 is 22.3 Å². The number of benzene rings is 1. The Labute approximate surface area is 114 Å². The van der Waals surface area contributed by atoms with Gasteiger partial charge in [0.1, 0.15) is 0 Å². The molecule has 2 rings (SSSR count). The highest BCUT2D eigenvalue weighted by Gasteiger charge is 2.44. The second kappa shape index (κ2) is 5.01. The van der Waals surface area contributed by atoms with Crippen LogP contribution in [-0.4, -0.2) is 13.0 Å². The van der Waals surface area contributed by atoms with Crippen LogP contribution in [0.2, 0.25) is 0 Å². The van der Waals surface area contributed by atoms with Crippen LogP contribution in [0, 0.1) is 24.0 Å². The lowest BCUT2D eigenvalue weighted by Gasteiger charge is -2.36. The van der Waals surface area contributed by atoms with Crippen molar-refractivity contribution in [1.29, 1.82) is 0 Å². The molecular formula is C15H14F4O. The average molecular weight is 286 g/mol. The SMILES string of the molecule is C#CC1(c2cc(F)c(OC)c(F)c2)CCC(F)(F)CC1. The number of rotatable bonds is 2. The summed E-state index contributed by atoms with van der Waals surface area (Å²) >= 11 is 0. The van der Waals surface area contributed by atoms with E-state index in [-0.39, 0.29) is 31.2 Å². The Kier molecular flexibility index (Phi) is 3.68. The van der Waals surface area contributed by atoms with Gasteiger partial charge in [-0.2, -0.15) is 0 Å². The number of alkyl halides is 2. The normalized spacial score (nSPS) is 20.2. The molecule has 0 saturated heterocycles. The molecule has 1 saturated carbocycles. The molecule has 0 aromatic heterocycles. The molecule has 1 aliphatic rings. The Bertz CT molecular complexity index is 526. The molecule has 0 atom stereocenters. The van der Waals surface area contributed by atoms with Gasteiger partial charge in [0.2, 0.25) is 5.92 Å². The third kappa shape index (κ3) is 2.47. The van der Waals surface area contributed by atoms with Gasteiger partial charge >= 0.3 is 0 Å². The van der Waals surface area contributed by atoms with Gasteiger partial charge in [-0.05, 0) is 30.5 Å². The van der Waals surface area contributed by atoms with Crippen molar-refractivity contribution in [1.82, 2.24) is 0 Å². The van der Waals surface area contributed by atoms with Crippen LogP contribution in [0.25, 0.3) is 0 Å². The van der Waals surface area contributed by atoms with E-state index in [1.54, 1.807) is 0 Å². The maximum absolute atomic E-state index is 13.7. The van der Waals surface area contributed by atoms with Crippen molar-refractivity contribution in [3.8, 4) is 18.1 Å². The van der Waals surface area contributed by atoms with Crippen LogP contribution in [0.4, 0.5) is 17.6 Å². The first kappa shape index (κ1) is 14.7. The molecule has 0 radical (unpaired) electrons. The van der Waals surface area contributed by atoms with Crippen molar-refractivity contribution in [2.24, 2.45) is 0 Å². The lowest BCUT2D eigenvalue weighted by molar-refractivity contribution is -0.0451. The number of hydrogen-bond acceptors (Lipinski definition) is 1. The Balaban J connectivity index is 2.42. The zero-order valence-electron chi connectivity index (χ0n) is 11.0. The van der Waals surface area contributed by atoms with Crippen molar-refractivity contribution in [2.45, 2.75) is 37.0 Å². The maximum atomic E-state index is 13.7. The molecule has 1 nitrogen and oxygen atoms in total. The van der Waals surface area contributed by atoms with E-state index >= 15 is 0 Å². The van der Waals surface area contributed by atoms with Crippen LogP contribution in [0.1, 0.15) is 31.2 Å². The summed E-state index contributed by atoms with van der Waals surface area (Å²) in [6, 6.07) is 2.15. The summed E-state index contributed by atoms with van der Waals surface area (Å²) in [6.45, 7) is 0. The average Bonchev–Trinajstić information content (AvgIpc) is 2.39. The van der Waals surface area contributed by atoms with E-state index in [4.69, 9.17) is 6.42 Å². The molecule has 1 aromatic carbocycles. The Morgan fingerprint density at radius 2 is 1.60 bits per heavy atom. The summed E-state index contributed by atoms with van der Waals surface area (Å²) in [6.07, 6.45) is 4.70. The molecule has 0 bridgehead atoms. The number of terminal acetylenes is 1. The standard InChI is InChI=1S/C15H14F4O/c1-3-14(4-6-15(18,19)7-5-14)10-8-11(16)13(20-2)12(17)9-10/h1,8-9H,4-7H2,2H3. The molecule has 1 aliphatic carbocycles. The summed E-state index contributed by atoms with van der Waals surface area (Å²) < 4.78 is 58.6. The molecule has 0 spiro atoms. The van der Waals surface area contributed by atoms with E-state index in [2.05, 4.69) is 10.7 Å². The molecule has 108 valence electrons. The number of methoxy groups -OCH3 is 1. The number of hydrogen-bond donors (Lipinski definition) is 0. The topological polar surface area (TPSA) is 9.23 Å². The Morgan fingerprint density at radius 3 is 2.00 bits per heavy atom. The van der Waals surface area contributed by atoms with Crippen LogP contribution in [0.15, 0.2) is 12.1 Å². The summed E-state index contributed by atoms with van der Waals surface area (Å²) in [5.74, 6) is -2.56. The lowest BCUT2D eigenvalue weighted by Crippen LogP contribution is -2.35. The summed E-state index contributed by atoms with van der Waals surface area (Å²) in [5.41, 5.74) is -0.832. The fourth-order valence-electron chi connectivity index (χ4n) is 2.59. The van der Waals surface area contributed by atoms with Gasteiger partial charge in [-0.15, -0.1) is 6.42 Å². The highest BCUT2D eigenvalue weighted by molar-refractivity contribution is 5.40. The quantitative estimate of drug-likeness (QED) is 0.588. The molecular weight excluding hydrogens is 272 g/mol. The minimum atomic E-state index is -2.76. The van der Waals surface area contributed by atoms with Crippen molar-refractivity contribution in [3.63, 3.8) is 0 Å². The van der Waals surface area contributed by atoms with Crippen molar-refractivity contribution >= 4 is 0 Å². The molecule has 1 fully saturated rings. The van der Waals surface area contributed by atoms with Gasteiger partial charge in [0, 0.05) is 12.8 Å². The fraction of sp³-hybridized carbons (Fsp3) is 0.467. The molecule has 5 heteroatoms. The molecule has 0 amide bonds. The van der Waals surface area contributed by atoms with Crippen LogP contribution in [0.3, 0.4) is 0 Å². The predicted molar refractivity (Wildman–Crippen MR) is 66.8 cm³/mol. The minimum Gasteiger partial charge on any atom is -0.491 e. The predicted octanol–water partition coefficient (Wildman–Crippen LogP) is 4.05. The van der Waals surface area contributed by atoms with Gasteiger partial charge in [-0.25, -0.2) is 17.6 Å². The van der Waals surface area contributed by atoms with Gasteiger partial charge in [0.25, 0.3) is 0 Å². The molecule has 0 N–H and O–H groups in total. The van der Waals surface area contributed by atoms with Gasteiger partial charge in [0.15, 0.2) is 17.4 Å². The maximum Gasteiger partial charge on any atom is 0.248 e. The highest BCUT2D eigenvalue weighted by Crippen LogP contribution is 2.45. The summed E-state index contributed by atoms with van der Waals surface area (Å²) in [4.78, 5) is 0. The molecule has 20 heavy (non-hydrogen) atoms. The van der Waals surface area contributed by atoms with E-state index in [1.807, 2.05) is 0 Å². The highest BCUT2D eigenvalue weighted by atomic mass is 19.3. The zero-order chi connectivity index (χ0) is 15.0. The first-order valence-corrected chi connectivity index (χ1v) is 6.23. The number of ether oxygens (including phenoxy) is 1. The Morgan fingerprint density at radius 1 is 1.10 bits per heavy atom. The molecule has 1 aromatic rings. The summed E-state index contributed by atoms with van der Waals surface area (Å²) in [5, 5.41) is 0. The van der Waals surface area contributed by atoms with E-state index in [0.717, 1.165) is 19.2 Å². The third-order valence-corrected chi connectivity index (χ3v) is 3.87. The van der Waals surface area contributed by atoms with Gasteiger partial charge in [-0.3, -0.25) is 0 Å².